The molecule has 0 radical (unpaired) electrons. The van der Waals surface area contributed by atoms with E-state index in [1.54, 1.807) is 0 Å². The number of carbonyl (C=O) groups excluding carboxylic acids is 1. The number of hydrogen-bond acceptors (Lipinski definition) is 3. The molecule has 0 saturated carbocycles. The molecule has 0 amide bonds. The number of nitrogens with zero attached hydrogens (tertiary/aromatic N) is 1. The maximum atomic E-state index is 12.1. The number of hydrogen-bond donors (Lipinski definition) is 0. The van der Waals surface area contributed by atoms with Gasteiger partial charge in [0, 0.05) is 5.57 Å². The van der Waals surface area contributed by atoms with Crippen LogP contribution in [0.25, 0.3) is 0 Å². The van der Waals surface area contributed by atoms with Crippen LogP contribution < -0.4 is 0 Å². The first-order chi connectivity index (χ1) is 14.2. The van der Waals surface area contributed by atoms with Gasteiger partial charge in [-0.2, -0.15) is 0 Å². The van der Waals surface area contributed by atoms with Crippen molar-refractivity contribution in [3.63, 3.8) is 0 Å². The molecular formula is C26H51NO2. The van der Waals surface area contributed by atoms with E-state index >= 15 is 0 Å². The summed E-state index contributed by atoms with van der Waals surface area (Å²) in [6.07, 6.45) is 19.5. The fraction of sp³-hybridized carbons (Fsp3) is 0.885. The van der Waals surface area contributed by atoms with Gasteiger partial charge in [0.05, 0.1) is 6.61 Å². The molecule has 0 aliphatic heterocycles. The summed E-state index contributed by atoms with van der Waals surface area (Å²) in [5.41, 5.74) is 0.646. The molecule has 0 spiro atoms. The summed E-state index contributed by atoms with van der Waals surface area (Å²) in [6.45, 7) is 14.7. The van der Waals surface area contributed by atoms with Gasteiger partial charge in [-0.3, -0.25) is 0 Å². The van der Waals surface area contributed by atoms with Crippen LogP contribution in [0, 0.1) is 0 Å². The zero-order chi connectivity index (χ0) is 21.6. The van der Waals surface area contributed by atoms with Crippen LogP contribution in [0.3, 0.4) is 0 Å². The lowest BCUT2D eigenvalue weighted by Gasteiger charge is -2.22. The molecule has 0 saturated heterocycles. The summed E-state index contributed by atoms with van der Waals surface area (Å²) in [5, 5.41) is 0. The van der Waals surface area contributed by atoms with Crippen LogP contribution in [0.5, 0.6) is 0 Å². The second kappa shape index (κ2) is 21.9. The molecule has 0 aliphatic rings. The van der Waals surface area contributed by atoms with Crippen molar-refractivity contribution in [1.82, 2.24) is 4.90 Å². The molecular weight excluding hydrogens is 358 g/mol. The lowest BCUT2D eigenvalue weighted by Crippen LogP contribution is -2.27. The summed E-state index contributed by atoms with van der Waals surface area (Å²) < 4.78 is 5.40. The van der Waals surface area contributed by atoms with Gasteiger partial charge in [-0.05, 0) is 51.7 Å². The molecule has 0 aliphatic carbocycles. The Labute approximate surface area is 182 Å². The second-order valence-corrected chi connectivity index (χ2v) is 8.57. The molecule has 0 aromatic carbocycles. The standard InChI is InChI=1S/C26H51NO2/c1-5-8-11-14-15-18-24-29-26(28)25(4)20-19-23-27(21-16-12-9-6-2)22-17-13-10-7-3/h4-24H2,1-3H3. The van der Waals surface area contributed by atoms with Crippen molar-refractivity contribution >= 4 is 5.97 Å². The molecule has 0 bridgehead atoms. The highest BCUT2D eigenvalue weighted by Gasteiger charge is 2.10. The van der Waals surface area contributed by atoms with Crippen molar-refractivity contribution < 1.29 is 9.53 Å². The third-order valence-electron chi connectivity index (χ3n) is 5.63. The minimum atomic E-state index is -0.184. The first-order valence-electron chi connectivity index (χ1n) is 12.7. The average molecular weight is 410 g/mol. The average Bonchev–Trinajstić information content (AvgIpc) is 2.72. The minimum absolute atomic E-state index is 0.184. The van der Waals surface area contributed by atoms with E-state index in [9.17, 15) is 4.79 Å². The van der Waals surface area contributed by atoms with E-state index in [-0.39, 0.29) is 5.97 Å². The quantitative estimate of drug-likeness (QED) is 0.104. The zero-order valence-electron chi connectivity index (χ0n) is 20.1. The van der Waals surface area contributed by atoms with E-state index < -0.39 is 0 Å². The van der Waals surface area contributed by atoms with Gasteiger partial charge < -0.3 is 9.64 Å². The molecule has 0 heterocycles. The Morgan fingerprint density at radius 2 is 1.10 bits per heavy atom. The lowest BCUT2D eigenvalue weighted by molar-refractivity contribution is -0.139. The van der Waals surface area contributed by atoms with Crippen LogP contribution in [-0.4, -0.2) is 37.1 Å². The molecule has 3 nitrogen and oxygen atoms in total. The summed E-state index contributed by atoms with van der Waals surface area (Å²) in [6, 6.07) is 0. The number of carbonyl (C=O) groups is 1. The first kappa shape index (κ1) is 28.2. The highest BCUT2D eigenvalue weighted by atomic mass is 16.5. The zero-order valence-corrected chi connectivity index (χ0v) is 20.1. The lowest BCUT2D eigenvalue weighted by atomic mass is 10.1. The Morgan fingerprint density at radius 1 is 0.655 bits per heavy atom. The predicted molar refractivity (Wildman–Crippen MR) is 127 cm³/mol. The molecule has 0 fully saturated rings. The minimum Gasteiger partial charge on any atom is -0.462 e. The van der Waals surface area contributed by atoms with Crippen LogP contribution in [-0.2, 0) is 9.53 Å². The fourth-order valence-electron chi connectivity index (χ4n) is 3.63. The second-order valence-electron chi connectivity index (χ2n) is 8.57. The Hall–Kier alpha value is -0.830. The van der Waals surface area contributed by atoms with Crippen LogP contribution in [0.4, 0.5) is 0 Å². The Balaban J connectivity index is 3.95. The molecule has 3 heteroatoms. The van der Waals surface area contributed by atoms with Gasteiger partial charge >= 0.3 is 5.97 Å². The normalized spacial score (nSPS) is 11.2. The van der Waals surface area contributed by atoms with E-state index in [0.29, 0.717) is 12.2 Å². The van der Waals surface area contributed by atoms with E-state index in [0.717, 1.165) is 32.2 Å². The van der Waals surface area contributed by atoms with Crippen molar-refractivity contribution in [3.8, 4) is 0 Å². The topological polar surface area (TPSA) is 29.5 Å². The highest BCUT2D eigenvalue weighted by Crippen LogP contribution is 2.11. The predicted octanol–water partition coefficient (Wildman–Crippen LogP) is 7.69. The highest BCUT2D eigenvalue weighted by molar-refractivity contribution is 5.87. The SMILES string of the molecule is C=C(CCCN(CCCCCC)CCCCCC)C(=O)OCCCCCCCC. The van der Waals surface area contributed by atoms with Gasteiger partial charge in [0.1, 0.15) is 0 Å². The molecule has 0 N–H and O–H groups in total. The van der Waals surface area contributed by atoms with Crippen LogP contribution in [0.15, 0.2) is 12.2 Å². The van der Waals surface area contributed by atoms with Gasteiger partial charge in [0.15, 0.2) is 0 Å². The molecule has 29 heavy (non-hydrogen) atoms. The van der Waals surface area contributed by atoms with Gasteiger partial charge in [0.2, 0.25) is 0 Å². The maximum Gasteiger partial charge on any atom is 0.333 e. The van der Waals surface area contributed by atoms with Crippen molar-refractivity contribution in [2.24, 2.45) is 0 Å². The third-order valence-corrected chi connectivity index (χ3v) is 5.63. The smallest absolute Gasteiger partial charge is 0.333 e. The van der Waals surface area contributed by atoms with E-state index in [2.05, 4.69) is 32.3 Å². The Morgan fingerprint density at radius 3 is 1.66 bits per heavy atom. The van der Waals surface area contributed by atoms with Crippen molar-refractivity contribution in [1.29, 1.82) is 0 Å². The van der Waals surface area contributed by atoms with Crippen LogP contribution in [0.2, 0.25) is 0 Å². The van der Waals surface area contributed by atoms with Gasteiger partial charge in [-0.1, -0.05) is 98.0 Å². The van der Waals surface area contributed by atoms with Crippen molar-refractivity contribution in [2.45, 2.75) is 124 Å². The monoisotopic (exact) mass is 409 g/mol. The van der Waals surface area contributed by atoms with E-state index in [4.69, 9.17) is 4.74 Å². The number of rotatable bonds is 22. The number of ether oxygens (including phenoxy) is 1. The Bertz CT molecular complexity index is 369. The van der Waals surface area contributed by atoms with E-state index in [1.807, 2.05) is 0 Å². The molecule has 0 aromatic rings. The van der Waals surface area contributed by atoms with Crippen molar-refractivity contribution in [2.75, 3.05) is 26.2 Å². The fourth-order valence-corrected chi connectivity index (χ4v) is 3.63. The Kier molecular flexibility index (Phi) is 21.2. The number of unbranched alkanes of at least 4 members (excludes halogenated alkanes) is 11. The van der Waals surface area contributed by atoms with E-state index in [1.165, 1.54) is 90.1 Å². The molecule has 0 aromatic heterocycles. The largest absolute Gasteiger partial charge is 0.462 e. The summed E-state index contributed by atoms with van der Waals surface area (Å²) in [4.78, 5) is 14.7. The van der Waals surface area contributed by atoms with Gasteiger partial charge in [-0.25, -0.2) is 4.79 Å². The van der Waals surface area contributed by atoms with Crippen molar-refractivity contribution in [3.05, 3.63) is 12.2 Å². The molecule has 0 rings (SSSR count). The van der Waals surface area contributed by atoms with Gasteiger partial charge in [-0.15, -0.1) is 0 Å². The number of esters is 1. The summed E-state index contributed by atoms with van der Waals surface area (Å²) in [7, 11) is 0. The maximum absolute atomic E-state index is 12.1. The molecule has 172 valence electrons. The molecule has 0 atom stereocenters. The first-order valence-corrected chi connectivity index (χ1v) is 12.7. The molecule has 0 unspecified atom stereocenters. The summed E-state index contributed by atoms with van der Waals surface area (Å²) in [5.74, 6) is -0.184. The summed E-state index contributed by atoms with van der Waals surface area (Å²) >= 11 is 0. The van der Waals surface area contributed by atoms with Crippen LogP contribution in [0.1, 0.15) is 124 Å². The van der Waals surface area contributed by atoms with Gasteiger partial charge in [0.25, 0.3) is 0 Å². The van der Waals surface area contributed by atoms with Crippen LogP contribution >= 0.6 is 0 Å². The third kappa shape index (κ3) is 18.9.